The highest BCUT2D eigenvalue weighted by atomic mass is 32.2. The van der Waals surface area contributed by atoms with Gasteiger partial charge in [-0.15, -0.1) is 0 Å². The van der Waals surface area contributed by atoms with Gasteiger partial charge in [0, 0.05) is 31.0 Å². The SMILES string of the molecule is Cc1noc(C)c1S(=O)(=O)N1CCO[C@@H](c2nccnc2-c2ccccc2F)C1. The second kappa shape index (κ2) is 7.62. The van der Waals surface area contributed by atoms with Gasteiger partial charge in [-0.05, 0) is 26.0 Å². The third-order valence-electron chi connectivity index (χ3n) is 4.76. The molecule has 2 aromatic heterocycles. The number of rotatable bonds is 4. The van der Waals surface area contributed by atoms with Crippen LogP contribution in [0.5, 0.6) is 0 Å². The van der Waals surface area contributed by atoms with E-state index in [0.717, 1.165) is 0 Å². The molecule has 0 N–H and O–H groups in total. The van der Waals surface area contributed by atoms with Crippen LogP contribution in [0.3, 0.4) is 0 Å². The van der Waals surface area contributed by atoms with E-state index in [0.29, 0.717) is 17.1 Å². The second-order valence-corrected chi connectivity index (χ2v) is 8.52. The summed E-state index contributed by atoms with van der Waals surface area (Å²) in [5, 5.41) is 3.74. The molecular weight excluding hydrogens is 399 g/mol. The number of hydrogen-bond donors (Lipinski definition) is 0. The van der Waals surface area contributed by atoms with Gasteiger partial charge in [-0.25, -0.2) is 12.8 Å². The first-order valence-electron chi connectivity index (χ1n) is 9.00. The van der Waals surface area contributed by atoms with Gasteiger partial charge >= 0.3 is 0 Å². The zero-order chi connectivity index (χ0) is 20.6. The maximum absolute atomic E-state index is 14.3. The minimum atomic E-state index is -3.83. The summed E-state index contributed by atoms with van der Waals surface area (Å²) >= 11 is 0. The van der Waals surface area contributed by atoms with E-state index in [9.17, 15) is 12.8 Å². The largest absolute Gasteiger partial charge is 0.369 e. The quantitative estimate of drug-likeness (QED) is 0.642. The van der Waals surface area contributed by atoms with E-state index in [2.05, 4.69) is 15.1 Å². The molecule has 29 heavy (non-hydrogen) atoms. The van der Waals surface area contributed by atoms with Crippen molar-refractivity contribution in [3.8, 4) is 11.3 Å². The molecule has 0 bridgehead atoms. The molecule has 0 radical (unpaired) electrons. The van der Waals surface area contributed by atoms with Gasteiger partial charge < -0.3 is 9.26 Å². The Kier molecular flexibility index (Phi) is 5.15. The number of halogens is 1. The topological polar surface area (TPSA) is 98.4 Å². The molecule has 4 rings (SSSR count). The summed E-state index contributed by atoms with van der Waals surface area (Å²) in [5.74, 6) is -0.206. The van der Waals surface area contributed by atoms with Gasteiger partial charge in [0.1, 0.15) is 22.5 Å². The molecule has 1 aliphatic heterocycles. The van der Waals surface area contributed by atoms with Gasteiger partial charge in [-0.3, -0.25) is 9.97 Å². The first kappa shape index (κ1) is 19.6. The standard InChI is InChI=1S/C19H19FN4O4S/c1-12-19(13(2)28-23-12)29(25,26)24-9-10-27-16(11-24)18-17(21-7-8-22-18)14-5-3-4-6-15(14)20/h3-8,16H,9-11H2,1-2H3/t16-/m1/s1. The van der Waals surface area contributed by atoms with Crippen LogP contribution >= 0.6 is 0 Å². The van der Waals surface area contributed by atoms with Crippen LogP contribution in [-0.2, 0) is 14.8 Å². The fourth-order valence-electron chi connectivity index (χ4n) is 3.43. The fraction of sp³-hybridized carbons (Fsp3) is 0.316. The van der Waals surface area contributed by atoms with E-state index in [1.807, 2.05) is 0 Å². The Labute approximate surface area is 167 Å². The molecule has 1 fully saturated rings. The Morgan fingerprint density at radius 2 is 1.93 bits per heavy atom. The summed E-state index contributed by atoms with van der Waals surface area (Å²) in [6, 6.07) is 6.23. The molecule has 0 spiro atoms. The fourth-order valence-corrected chi connectivity index (χ4v) is 5.14. The number of aryl methyl sites for hydroxylation is 2. The van der Waals surface area contributed by atoms with Crippen molar-refractivity contribution in [3.05, 3.63) is 59.6 Å². The summed E-state index contributed by atoms with van der Waals surface area (Å²) in [7, 11) is -3.83. The molecule has 8 nitrogen and oxygen atoms in total. The zero-order valence-electron chi connectivity index (χ0n) is 15.9. The predicted octanol–water partition coefficient (Wildman–Crippen LogP) is 2.65. The van der Waals surface area contributed by atoms with Crippen molar-refractivity contribution in [2.24, 2.45) is 0 Å². The Bertz CT molecular complexity index is 1130. The lowest BCUT2D eigenvalue weighted by molar-refractivity contribution is -0.00481. The van der Waals surface area contributed by atoms with Crippen molar-refractivity contribution in [1.82, 2.24) is 19.4 Å². The summed E-state index contributed by atoms with van der Waals surface area (Å²) in [5.41, 5.74) is 1.30. The molecule has 0 unspecified atom stereocenters. The van der Waals surface area contributed by atoms with Crippen molar-refractivity contribution < 1.29 is 22.1 Å². The molecule has 3 heterocycles. The van der Waals surface area contributed by atoms with E-state index >= 15 is 0 Å². The lowest BCUT2D eigenvalue weighted by Gasteiger charge is -2.32. The van der Waals surface area contributed by atoms with Gasteiger partial charge in [0.2, 0.25) is 10.0 Å². The number of hydrogen-bond acceptors (Lipinski definition) is 7. The number of ether oxygens (including phenoxy) is 1. The van der Waals surface area contributed by atoms with Gasteiger partial charge in [0.25, 0.3) is 0 Å². The zero-order valence-corrected chi connectivity index (χ0v) is 16.7. The van der Waals surface area contributed by atoms with Gasteiger partial charge in [0.05, 0.1) is 18.0 Å². The smallest absolute Gasteiger partial charge is 0.248 e. The third kappa shape index (κ3) is 3.54. The van der Waals surface area contributed by atoms with Crippen molar-refractivity contribution in [2.75, 3.05) is 19.7 Å². The monoisotopic (exact) mass is 418 g/mol. The Morgan fingerprint density at radius 1 is 1.17 bits per heavy atom. The highest BCUT2D eigenvalue weighted by Gasteiger charge is 2.36. The summed E-state index contributed by atoms with van der Waals surface area (Å²) in [4.78, 5) is 8.66. The Morgan fingerprint density at radius 3 is 2.66 bits per heavy atom. The van der Waals surface area contributed by atoms with Crippen LogP contribution in [0.2, 0.25) is 0 Å². The minimum absolute atomic E-state index is 0.0204. The lowest BCUT2D eigenvalue weighted by Crippen LogP contribution is -2.42. The maximum Gasteiger partial charge on any atom is 0.248 e. The molecule has 1 aliphatic rings. The summed E-state index contributed by atoms with van der Waals surface area (Å²) in [6.07, 6.45) is 2.25. The van der Waals surface area contributed by atoms with Crippen LogP contribution in [0.25, 0.3) is 11.3 Å². The maximum atomic E-state index is 14.3. The minimum Gasteiger partial charge on any atom is -0.369 e. The lowest BCUT2D eigenvalue weighted by atomic mass is 10.1. The first-order chi connectivity index (χ1) is 13.9. The van der Waals surface area contributed by atoms with Gasteiger partial charge in [-0.1, -0.05) is 17.3 Å². The molecular formula is C19H19FN4O4S. The van der Waals surface area contributed by atoms with Crippen LogP contribution < -0.4 is 0 Å². The highest BCUT2D eigenvalue weighted by molar-refractivity contribution is 7.89. The molecule has 152 valence electrons. The van der Waals surface area contributed by atoms with Crippen LogP contribution in [-0.4, -0.2) is 47.5 Å². The Balaban J connectivity index is 1.70. The van der Waals surface area contributed by atoms with Crippen LogP contribution in [0.1, 0.15) is 23.3 Å². The number of aromatic nitrogens is 3. The molecule has 0 aliphatic carbocycles. The van der Waals surface area contributed by atoms with Crippen molar-refractivity contribution >= 4 is 10.0 Å². The van der Waals surface area contributed by atoms with Crippen LogP contribution in [0.15, 0.2) is 46.1 Å². The van der Waals surface area contributed by atoms with E-state index in [-0.39, 0.29) is 35.9 Å². The molecule has 1 saturated heterocycles. The van der Waals surface area contributed by atoms with Crippen molar-refractivity contribution in [3.63, 3.8) is 0 Å². The molecule has 1 atom stereocenters. The molecule has 0 amide bonds. The van der Waals surface area contributed by atoms with E-state index in [4.69, 9.17) is 9.26 Å². The molecule has 10 heteroatoms. The second-order valence-electron chi connectivity index (χ2n) is 6.65. The van der Waals surface area contributed by atoms with Crippen molar-refractivity contribution in [2.45, 2.75) is 24.8 Å². The number of benzene rings is 1. The van der Waals surface area contributed by atoms with Gasteiger partial charge in [0.15, 0.2) is 5.76 Å². The molecule has 3 aromatic rings. The molecule has 1 aromatic carbocycles. The average molecular weight is 418 g/mol. The predicted molar refractivity (Wildman–Crippen MR) is 101 cm³/mol. The summed E-state index contributed by atoms with van der Waals surface area (Å²) in [6.45, 7) is 3.51. The first-order valence-corrected chi connectivity index (χ1v) is 10.4. The molecule has 0 saturated carbocycles. The Hall–Kier alpha value is -2.69. The normalized spacial score (nSPS) is 18.1. The number of sulfonamides is 1. The van der Waals surface area contributed by atoms with Crippen LogP contribution in [0.4, 0.5) is 4.39 Å². The number of morpholine rings is 1. The number of nitrogens with zero attached hydrogens (tertiary/aromatic N) is 4. The van der Waals surface area contributed by atoms with Gasteiger partial charge in [-0.2, -0.15) is 4.31 Å². The highest BCUT2D eigenvalue weighted by Crippen LogP contribution is 2.33. The average Bonchev–Trinajstić information content (AvgIpc) is 3.07. The van der Waals surface area contributed by atoms with E-state index < -0.39 is 21.9 Å². The van der Waals surface area contributed by atoms with Crippen LogP contribution in [0, 0.1) is 19.7 Å². The summed E-state index contributed by atoms with van der Waals surface area (Å²) < 4.78 is 52.8. The van der Waals surface area contributed by atoms with E-state index in [1.54, 1.807) is 32.0 Å². The third-order valence-corrected chi connectivity index (χ3v) is 6.87. The van der Waals surface area contributed by atoms with Crippen molar-refractivity contribution in [1.29, 1.82) is 0 Å². The van der Waals surface area contributed by atoms with E-state index in [1.165, 1.54) is 22.8 Å².